The van der Waals surface area contributed by atoms with E-state index in [1.807, 2.05) is 24.3 Å². The van der Waals surface area contributed by atoms with Crippen LogP contribution in [0, 0.1) is 17.8 Å². The number of rotatable bonds is 1. The minimum absolute atomic E-state index is 0.0945. The van der Waals surface area contributed by atoms with Gasteiger partial charge in [-0.3, -0.25) is 0 Å². The Kier molecular flexibility index (Phi) is 4.06. The molecule has 4 nitrogen and oxygen atoms in total. The summed E-state index contributed by atoms with van der Waals surface area (Å²) in [6, 6.07) is 7.77. The molecule has 0 spiro atoms. The van der Waals surface area contributed by atoms with Gasteiger partial charge < -0.3 is 14.7 Å². The fourth-order valence-corrected chi connectivity index (χ4v) is 3.36. The van der Waals surface area contributed by atoms with Crippen molar-refractivity contribution in [1.29, 1.82) is 0 Å². The highest BCUT2D eigenvalue weighted by Gasteiger charge is 2.39. The number of ether oxygens (including phenoxy) is 1. The number of hydrogen-bond acceptors (Lipinski definition) is 2. The summed E-state index contributed by atoms with van der Waals surface area (Å²) in [7, 11) is 1.64. The number of fused-ring (bicyclic) bond motifs is 1. The molecule has 1 saturated heterocycles. The molecule has 1 aromatic carbocycles. The van der Waals surface area contributed by atoms with E-state index in [0.717, 1.165) is 36.1 Å². The lowest BCUT2D eigenvalue weighted by Gasteiger charge is -2.28. The molecule has 114 valence electrons. The SMILES string of the molecule is COc1cccc(C#CC2=CCCC3C2CCN3C(=O)O)c1. The molecular weight excluding hydrogens is 278 g/mol. The number of likely N-dealkylation sites (tertiary alicyclic amines) is 1. The predicted molar refractivity (Wildman–Crippen MR) is 83.8 cm³/mol. The van der Waals surface area contributed by atoms with Crippen LogP contribution in [0.1, 0.15) is 24.8 Å². The van der Waals surface area contributed by atoms with Crippen LogP contribution < -0.4 is 4.74 Å². The Hall–Kier alpha value is -2.41. The third-order valence-electron chi connectivity index (χ3n) is 4.44. The lowest BCUT2D eigenvalue weighted by Crippen LogP contribution is -2.38. The lowest BCUT2D eigenvalue weighted by atomic mass is 9.84. The number of nitrogens with zero attached hydrogens (tertiary/aromatic N) is 1. The van der Waals surface area contributed by atoms with E-state index >= 15 is 0 Å². The van der Waals surface area contributed by atoms with Gasteiger partial charge in [-0.15, -0.1) is 0 Å². The smallest absolute Gasteiger partial charge is 0.407 e. The van der Waals surface area contributed by atoms with Crippen molar-refractivity contribution in [2.45, 2.75) is 25.3 Å². The number of methoxy groups -OCH3 is 1. The van der Waals surface area contributed by atoms with Crippen molar-refractivity contribution in [2.24, 2.45) is 5.92 Å². The van der Waals surface area contributed by atoms with Gasteiger partial charge in [0.25, 0.3) is 0 Å². The van der Waals surface area contributed by atoms with E-state index in [2.05, 4.69) is 17.9 Å². The highest BCUT2D eigenvalue weighted by atomic mass is 16.5. The number of allylic oxidation sites excluding steroid dienone is 1. The fraction of sp³-hybridized carbons (Fsp3) is 0.389. The highest BCUT2D eigenvalue weighted by molar-refractivity contribution is 5.66. The van der Waals surface area contributed by atoms with Crippen molar-refractivity contribution in [3.8, 4) is 17.6 Å². The monoisotopic (exact) mass is 297 g/mol. The van der Waals surface area contributed by atoms with E-state index in [-0.39, 0.29) is 12.0 Å². The first-order valence-corrected chi connectivity index (χ1v) is 7.54. The average Bonchev–Trinajstić information content (AvgIpc) is 2.98. The molecular formula is C18H19NO3. The molecule has 1 aromatic rings. The Morgan fingerprint density at radius 1 is 1.36 bits per heavy atom. The Labute approximate surface area is 130 Å². The van der Waals surface area contributed by atoms with Gasteiger partial charge in [-0.2, -0.15) is 0 Å². The summed E-state index contributed by atoms with van der Waals surface area (Å²) in [5.74, 6) is 7.48. The van der Waals surface area contributed by atoms with Gasteiger partial charge in [0.15, 0.2) is 0 Å². The first kappa shape index (κ1) is 14.5. The first-order chi connectivity index (χ1) is 10.7. The molecule has 0 aromatic heterocycles. The molecule has 1 aliphatic carbocycles. The number of carbonyl (C=O) groups is 1. The van der Waals surface area contributed by atoms with Crippen LogP contribution in [0.25, 0.3) is 0 Å². The van der Waals surface area contributed by atoms with Gasteiger partial charge in [0.05, 0.1) is 7.11 Å². The molecule has 0 radical (unpaired) electrons. The Morgan fingerprint density at radius 3 is 3.00 bits per heavy atom. The number of carboxylic acid groups (broad SMARTS) is 1. The van der Waals surface area contributed by atoms with Crippen LogP contribution in [-0.4, -0.2) is 35.8 Å². The van der Waals surface area contributed by atoms with Gasteiger partial charge in [-0.05, 0) is 37.5 Å². The minimum Gasteiger partial charge on any atom is -0.497 e. The zero-order chi connectivity index (χ0) is 15.5. The van der Waals surface area contributed by atoms with Gasteiger partial charge in [0, 0.05) is 29.6 Å². The third-order valence-corrected chi connectivity index (χ3v) is 4.44. The van der Waals surface area contributed by atoms with Crippen molar-refractivity contribution in [2.75, 3.05) is 13.7 Å². The van der Waals surface area contributed by atoms with Crippen LogP contribution in [0.3, 0.4) is 0 Å². The molecule has 2 unspecified atom stereocenters. The van der Waals surface area contributed by atoms with Crippen LogP contribution in [0.5, 0.6) is 5.75 Å². The van der Waals surface area contributed by atoms with Crippen LogP contribution in [0.15, 0.2) is 35.9 Å². The Balaban J connectivity index is 1.80. The van der Waals surface area contributed by atoms with Crippen molar-refractivity contribution in [3.05, 3.63) is 41.5 Å². The van der Waals surface area contributed by atoms with Crippen LogP contribution in [0.4, 0.5) is 4.79 Å². The summed E-state index contributed by atoms with van der Waals surface area (Å²) in [4.78, 5) is 12.8. The summed E-state index contributed by atoms with van der Waals surface area (Å²) < 4.78 is 5.20. The molecule has 1 aliphatic heterocycles. The fourth-order valence-electron chi connectivity index (χ4n) is 3.36. The summed E-state index contributed by atoms with van der Waals surface area (Å²) in [6.07, 6.45) is 4.03. The Morgan fingerprint density at radius 2 is 2.23 bits per heavy atom. The van der Waals surface area contributed by atoms with E-state index < -0.39 is 6.09 Å². The zero-order valence-electron chi connectivity index (χ0n) is 12.6. The molecule has 2 aliphatic rings. The molecule has 4 heteroatoms. The number of benzene rings is 1. The quantitative estimate of drug-likeness (QED) is 0.810. The molecule has 3 rings (SSSR count). The van der Waals surface area contributed by atoms with Gasteiger partial charge in [-0.25, -0.2) is 4.79 Å². The first-order valence-electron chi connectivity index (χ1n) is 7.54. The maximum atomic E-state index is 11.3. The zero-order valence-corrected chi connectivity index (χ0v) is 12.6. The van der Waals surface area contributed by atoms with Crippen molar-refractivity contribution < 1.29 is 14.6 Å². The molecule has 1 amide bonds. The molecule has 1 N–H and O–H groups in total. The summed E-state index contributed by atoms with van der Waals surface area (Å²) >= 11 is 0. The molecule has 2 atom stereocenters. The van der Waals surface area contributed by atoms with Crippen molar-refractivity contribution >= 4 is 6.09 Å². The molecule has 1 fully saturated rings. The second-order valence-corrected chi connectivity index (χ2v) is 5.66. The van der Waals surface area contributed by atoms with E-state index in [1.54, 1.807) is 12.0 Å². The van der Waals surface area contributed by atoms with Gasteiger partial charge in [0.1, 0.15) is 5.75 Å². The van der Waals surface area contributed by atoms with E-state index in [4.69, 9.17) is 4.74 Å². The van der Waals surface area contributed by atoms with Crippen molar-refractivity contribution in [3.63, 3.8) is 0 Å². The largest absolute Gasteiger partial charge is 0.497 e. The van der Waals surface area contributed by atoms with Crippen molar-refractivity contribution in [1.82, 2.24) is 4.90 Å². The van der Waals surface area contributed by atoms with Crippen LogP contribution >= 0.6 is 0 Å². The maximum absolute atomic E-state index is 11.3. The Bertz CT molecular complexity index is 668. The second-order valence-electron chi connectivity index (χ2n) is 5.66. The number of hydrogen-bond donors (Lipinski definition) is 1. The molecule has 0 bridgehead atoms. The summed E-state index contributed by atoms with van der Waals surface area (Å²) in [5, 5.41) is 9.26. The third kappa shape index (κ3) is 2.80. The predicted octanol–water partition coefficient (Wildman–Crippen LogP) is 3.14. The molecule has 22 heavy (non-hydrogen) atoms. The van der Waals surface area contributed by atoms with Crippen LogP contribution in [-0.2, 0) is 0 Å². The maximum Gasteiger partial charge on any atom is 0.407 e. The summed E-state index contributed by atoms with van der Waals surface area (Å²) in [5.41, 5.74) is 2.00. The van der Waals surface area contributed by atoms with E-state index in [0.29, 0.717) is 6.54 Å². The standard InChI is InChI=1S/C18H19NO3/c1-22-15-6-2-4-13(12-15)8-9-14-5-3-7-17-16(14)10-11-19(17)18(20)21/h2,4-6,12,16-17H,3,7,10-11H2,1H3,(H,20,21). The normalized spacial score (nSPS) is 23.1. The van der Waals surface area contributed by atoms with E-state index in [9.17, 15) is 9.90 Å². The molecule has 0 saturated carbocycles. The number of amides is 1. The average molecular weight is 297 g/mol. The van der Waals surface area contributed by atoms with Crippen LogP contribution in [0.2, 0.25) is 0 Å². The highest BCUT2D eigenvalue weighted by Crippen LogP contribution is 2.36. The van der Waals surface area contributed by atoms with Gasteiger partial charge in [-0.1, -0.05) is 24.0 Å². The second kappa shape index (κ2) is 6.15. The van der Waals surface area contributed by atoms with Gasteiger partial charge in [0.2, 0.25) is 0 Å². The lowest BCUT2D eigenvalue weighted by molar-refractivity contribution is 0.133. The van der Waals surface area contributed by atoms with E-state index in [1.165, 1.54) is 0 Å². The topological polar surface area (TPSA) is 49.8 Å². The minimum atomic E-state index is -0.811. The van der Waals surface area contributed by atoms with Gasteiger partial charge >= 0.3 is 6.09 Å². The summed E-state index contributed by atoms with van der Waals surface area (Å²) in [6.45, 7) is 0.614. The molecule has 1 heterocycles.